The number of benzene rings is 2. The Balaban J connectivity index is 1.33. The normalized spacial score (nSPS) is 11.6. The average molecular weight is 506 g/mol. The summed E-state index contributed by atoms with van der Waals surface area (Å²) in [5.74, 6) is 1.12. The second-order valence-corrected chi connectivity index (χ2v) is 9.84. The van der Waals surface area contributed by atoms with Crippen molar-refractivity contribution in [3.05, 3.63) is 81.7 Å². The highest BCUT2D eigenvalue weighted by Crippen LogP contribution is 2.36. The molecule has 6 nitrogen and oxygen atoms in total. The summed E-state index contributed by atoms with van der Waals surface area (Å²) in [4.78, 5) is 15.2. The molecule has 4 heterocycles. The van der Waals surface area contributed by atoms with E-state index in [-0.39, 0.29) is 0 Å². The van der Waals surface area contributed by atoms with Crippen molar-refractivity contribution in [1.29, 1.82) is 0 Å². The third-order valence-corrected chi connectivity index (χ3v) is 7.27. The number of aromatic nitrogens is 5. The minimum Gasteiger partial charge on any atom is -0.486 e. The molecule has 2 aromatic carbocycles. The van der Waals surface area contributed by atoms with Crippen molar-refractivity contribution in [1.82, 2.24) is 24.6 Å². The number of nitrogens with zero attached hydrogens (tertiary/aromatic N) is 5. The van der Waals surface area contributed by atoms with Gasteiger partial charge in [-0.1, -0.05) is 53.5 Å². The van der Waals surface area contributed by atoms with Crippen LogP contribution in [0.1, 0.15) is 16.8 Å². The molecule has 9 heteroatoms. The molecule has 4 aromatic heterocycles. The molecular weight excluding hydrogens is 489 g/mol. The fraction of sp³-hybridized carbons (Fsp3) is 0.120. The SMILES string of the molecule is Cc1cc(C)c2c(n1)sc1c2ncn2nc(-c3ccc(COc4c(Cl)cccc4Cl)cc3)nc12. The van der Waals surface area contributed by atoms with Crippen molar-refractivity contribution in [2.45, 2.75) is 20.5 Å². The molecule has 0 unspecified atom stereocenters. The molecule has 0 radical (unpaired) electrons. The van der Waals surface area contributed by atoms with E-state index in [1.165, 1.54) is 5.56 Å². The van der Waals surface area contributed by atoms with Crippen LogP contribution in [0, 0.1) is 13.8 Å². The van der Waals surface area contributed by atoms with Gasteiger partial charge in [0, 0.05) is 16.6 Å². The van der Waals surface area contributed by atoms with E-state index < -0.39 is 0 Å². The van der Waals surface area contributed by atoms with Crippen LogP contribution in [0.5, 0.6) is 5.75 Å². The maximum Gasteiger partial charge on any atom is 0.182 e. The molecule has 168 valence electrons. The van der Waals surface area contributed by atoms with Crippen LogP contribution in [0.2, 0.25) is 10.0 Å². The number of hydrogen-bond acceptors (Lipinski definition) is 6. The van der Waals surface area contributed by atoms with Gasteiger partial charge in [-0.25, -0.2) is 19.5 Å². The topological polar surface area (TPSA) is 65.2 Å². The summed E-state index contributed by atoms with van der Waals surface area (Å²) in [6, 6.07) is 15.3. The Morgan fingerprint density at radius 1 is 1.00 bits per heavy atom. The van der Waals surface area contributed by atoms with Crippen molar-refractivity contribution in [2.24, 2.45) is 0 Å². The van der Waals surface area contributed by atoms with E-state index in [0.717, 1.165) is 42.9 Å². The predicted molar refractivity (Wildman–Crippen MR) is 137 cm³/mol. The van der Waals surface area contributed by atoms with Crippen molar-refractivity contribution < 1.29 is 4.74 Å². The van der Waals surface area contributed by atoms with Gasteiger partial charge in [0.2, 0.25) is 0 Å². The number of fused-ring (bicyclic) bond motifs is 5. The van der Waals surface area contributed by atoms with Gasteiger partial charge in [-0.05, 0) is 43.2 Å². The monoisotopic (exact) mass is 505 g/mol. The van der Waals surface area contributed by atoms with Gasteiger partial charge in [-0.2, -0.15) is 0 Å². The lowest BCUT2D eigenvalue weighted by Crippen LogP contribution is -1.96. The number of hydrogen-bond donors (Lipinski definition) is 0. The summed E-state index contributed by atoms with van der Waals surface area (Å²) in [6.07, 6.45) is 1.72. The standard InChI is InChI=1S/C25H17Cl2N5OS/c1-13-10-14(2)29-25-19(13)20-22(34-25)24-30-23(31-32(24)12-28-20)16-8-6-15(7-9-16)11-33-21-17(26)4-3-5-18(21)27/h3-10,12H,11H2,1-2H3. The molecule has 0 aliphatic carbocycles. The van der Waals surface area contributed by atoms with Gasteiger partial charge in [-0.3, -0.25) is 0 Å². The molecule has 0 bridgehead atoms. The maximum absolute atomic E-state index is 6.19. The van der Waals surface area contributed by atoms with Gasteiger partial charge in [0.1, 0.15) is 22.5 Å². The number of ether oxygens (including phenoxy) is 1. The molecule has 0 saturated carbocycles. The number of aryl methyl sites for hydroxylation is 2. The van der Waals surface area contributed by atoms with Crippen molar-refractivity contribution in [3.63, 3.8) is 0 Å². The first-order chi connectivity index (χ1) is 16.5. The van der Waals surface area contributed by atoms with Crippen molar-refractivity contribution >= 4 is 60.6 Å². The highest BCUT2D eigenvalue weighted by molar-refractivity contribution is 7.26. The molecule has 0 amide bonds. The highest BCUT2D eigenvalue weighted by Gasteiger charge is 2.17. The van der Waals surface area contributed by atoms with Gasteiger partial charge < -0.3 is 4.74 Å². The lowest BCUT2D eigenvalue weighted by atomic mass is 10.1. The maximum atomic E-state index is 6.19. The van der Waals surface area contributed by atoms with Gasteiger partial charge in [0.05, 0.1) is 15.6 Å². The second kappa shape index (κ2) is 8.20. The summed E-state index contributed by atoms with van der Waals surface area (Å²) >= 11 is 14.0. The largest absolute Gasteiger partial charge is 0.486 e. The summed E-state index contributed by atoms with van der Waals surface area (Å²) in [5, 5.41) is 6.71. The molecule has 0 aliphatic rings. The Labute approximate surface area is 208 Å². The number of thiophene rings is 1. The number of halogens is 2. The molecule has 0 aliphatic heterocycles. The minimum atomic E-state index is 0.348. The fourth-order valence-electron chi connectivity index (χ4n) is 4.02. The first-order valence-corrected chi connectivity index (χ1v) is 12.1. The Morgan fingerprint density at radius 2 is 1.76 bits per heavy atom. The van der Waals surface area contributed by atoms with Crippen LogP contribution in [0.4, 0.5) is 0 Å². The lowest BCUT2D eigenvalue weighted by molar-refractivity contribution is 0.306. The van der Waals surface area contributed by atoms with Crippen molar-refractivity contribution in [3.8, 4) is 17.1 Å². The first-order valence-electron chi connectivity index (χ1n) is 10.6. The zero-order chi connectivity index (χ0) is 23.4. The molecule has 34 heavy (non-hydrogen) atoms. The van der Waals surface area contributed by atoms with Crippen LogP contribution in [0.15, 0.2) is 54.9 Å². The quantitative estimate of drug-likeness (QED) is 0.256. The molecule has 6 aromatic rings. The average Bonchev–Trinajstić information content (AvgIpc) is 3.40. The Hall–Kier alpha value is -3.26. The predicted octanol–water partition coefficient (Wildman–Crippen LogP) is 7.06. The van der Waals surface area contributed by atoms with Gasteiger partial charge in [0.25, 0.3) is 0 Å². The van der Waals surface area contributed by atoms with Crippen LogP contribution in [0.25, 0.3) is 37.5 Å². The molecule has 0 N–H and O–H groups in total. The van der Waals surface area contributed by atoms with Crippen LogP contribution in [-0.4, -0.2) is 24.6 Å². The van der Waals surface area contributed by atoms with Gasteiger partial charge >= 0.3 is 0 Å². The van der Waals surface area contributed by atoms with Gasteiger partial charge in [0.15, 0.2) is 17.2 Å². The van der Waals surface area contributed by atoms with Gasteiger partial charge in [-0.15, -0.1) is 16.4 Å². The second-order valence-electron chi connectivity index (χ2n) is 8.03. The van der Waals surface area contributed by atoms with E-state index in [4.69, 9.17) is 37.9 Å². The number of rotatable bonds is 4. The summed E-state index contributed by atoms with van der Waals surface area (Å²) in [5.41, 5.74) is 5.75. The van der Waals surface area contributed by atoms with Crippen molar-refractivity contribution in [2.75, 3.05) is 0 Å². The summed E-state index contributed by atoms with van der Waals surface area (Å²) < 4.78 is 8.54. The molecule has 0 fully saturated rings. The molecule has 0 spiro atoms. The van der Waals surface area contributed by atoms with E-state index in [9.17, 15) is 0 Å². The van der Waals surface area contributed by atoms with E-state index in [0.29, 0.717) is 28.2 Å². The molecular formula is C25H17Cl2N5OS. The lowest BCUT2D eigenvalue weighted by Gasteiger charge is -2.10. The third kappa shape index (κ3) is 3.57. The number of pyridine rings is 1. The highest BCUT2D eigenvalue weighted by atomic mass is 35.5. The Kier molecular flexibility index (Phi) is 5.13. The molecule has 0 atom stereocenters. The molecule has 6 rings (SSSR count). The summed E-state index contributed by atoms with van der Waals surface area (Å²) in [7, 11) is 0. The molecule has 0 saturated heterocycles. The third-order valence-electron chi connectivity index (χ3n) is 5.61. The summed E-state index contributed by atoms with van der Waals surface area (Å²) in [6.45, 7) is 4.45. The zero-order valence-electron chi connectivity index (χ0n) is 18.2. The fourth-order valence-corrected chi connectivity index (χ4v) is 5.75. The van der Waals surface area contributed by atoms with Crippen LogP contribution < -0.4 is 4.74 Å². The zero-order valence-corrected chi connectivity index (χ0v) is 20.5. The van der Waals surface area contributed by atoms with E-state index in [1.807, 2.05) is 31.2 Å². The number of para-hydroxylation sites is 1. The van der Waals surface area contributed by atoms with E-state index >= 15 is 0 Å². The van der Waals surface area contributed by atoms with Crippen LogP contribution in [-0.2, 0) is 6.61 Å². The van der Waals surface area contributed by atoms with Crippen LogP contribution in [0.3, 0.4) is 0 Å². The van der Waals surface area contributed by atoms with E-state index in [2.05, 4.69) is 23.1 Å². The minimum absolute atomic E-state index is 0.348. The Morgan fingerprint density at radius 3 is 2.53 bits per heavy atom. The first kappa shape index (κ1) is 21.3. The van der Waals surface area contributed by atoms with Crippen LogP contribution >= 0.6 is 34.5 Å². The smallest absolute Gasteiger partial charge is 0.182 e. The van der Waals surface area contributed by atoms with E-state index in [1.54, 1.807) is 40.4 Å². The Bertz CT molecular complexity index is 1690.